The molecule has 0 N–H and O–H groups in total. The Morgan fingerprint density at radius 1 is 1.09 bits per heavy atom. The van der Waals surface area contributed by atoms with Crippen molar-refractivity contribution in [1.82, 2.24) is 4.90 Å². The maximum atomic E-state index is 13.2. The highest BCUT2D eigenvalue weighted by Gasteiger charge is 2.40. The van der Waals surface area contributed by atoms with Crippen molar-refractivity contribution in [2.45, 2.75) is 45.8 Å². The van der Waals surface area contributed by atoms with E-state index in [1.54, 1.807) is 36.8 Å². The number of ether oxygens (including phenoxy) is 4. The van der Waals surface area contributed by atoms with Crippen LogP contribution in [0.3, 0.4) is 0 Å². The molecule has 3 rings (SSSR count). The first-order chi connectivity index (χ1) is 16.8. The highest BCUT2D eigenvalue weighted by molar-refractivity contribution is 5.91. The number of nitrogens with zero attached hydrogens (tertiary/aromatic N) is 2. The Kier molecular flexibility index (Phi) is 8.63. The Labute approximate surface area is 207 Å². The summed E-state index contributed by atoms with van der Waals surface area (Å²) in [4.78, 5) is 29.6. The third-order valence-corrected chi connectivity index (χ3v) is 5.87. The van der Waals surface area contributed by atoms with Crippen molar-refractivity contribution in [2.75, 3.05) is 32.3 Å². The summed E-state index contributed by atoms with van der Waals surface area (Å²) in [6.45, 7) is 10.0. The molecule has 188 valence electrons. The molecule has 0 bridgehead atoms. The molecule has 1 aliphatic heterocycles. The number of carbonyl (C=O) groups excluding carboxylic acids is 2. The highest BCUT2D eigenvalue weighted by Crippen LogP contribution is 2.46. The van der Waals surface area contributed by atoms with Crippen LogP contribution in [0.1, 0.15) is 44.4 Å². The van der Waals surface area contributed by atoms with Gasteiger partial charge in [-0.15, -0.1) is 0 Å². The van der Waals surface area contributed by atoms with Gasteiger partial charge in [0.25, 0.3) is 0 Å². The first-order valence-corrected chi connectivity index (χ1v) is 11.6. The second-order valence-corrected chi connectivity index (χ2v) is 8.56. The van der Waals surface area contributed by atoms with E-state index in [1.165, 1.54) is 7.11 Å². The summed E-state index contributed by atoms with van der Waals surface area (Å²) < 4.78 is 22.0. The molecule has 2 aromatic rings. The minimum absolute atomic E-state index is 0.122. The molecule has 0 radical (unpaired) electrons. The molecule has 0 fully saturated rings. The van der Waals surface area contributed by atoms with Gasteiger partial charge in [-0.3, -0.25) is 9.80 Å². The minimum Gasteiger partial charge on any atom is -0.493 e. The van der Waals surface area contributed by atoms with Crippen molar-refractivity contribution < 1.29 is 28.5 Å². The second kappa shape index (κ2) is 11.6. The Bertz CT molecular complexity index is 1060. The van der Waals surface area contributed by atoms with Gasteiger partial charge in [-0.05, 0) is 44.4 Å². The van der Waals surface area contributed by atoms with Crippen LogP contribution in [0.4, 0.5) is 15.3 Å². The predicted molar refractivity (Wildman–Crippen MR) is 134 cm³/mol. The Morgan fingerprint density at radius 2 is 1.74 bits per heavy atom. The molecule has 0 saturated carbocycles. The molecular weight excluding hydrogens is 448 g/mol. The lowest BCUT2D eigenvalue weighted by molar-refractivity contribution is 0.0809. The highest BCUT2D eigenvalue weighted by atomic mass is 16.6. The van der Waals surface area contributed by atoms with Crippen LogP contribution in [-0.2, 0) is 16.0 Å². The van der Waals surface area contributed by atoms with Crippen LogP contribution in [0.2, 0.25) is 0 Å². The molecule has 8 heteroatoms. The molecule has 0 aliphatic carbocycles. The fourth-order valence-electron chi connectivity index (χ4n) is 4.27. The number of rotatable bonds is 8. The number of fused-ring (bicyclic) bond motifs is 1. The lowest BCUT2D eigenvalue weighted by atomic mass is 9.90. The zero-order valence-corrected chi connectivity index (χ0v) is 21.1. The van der Waals surface area contributed by atoms with Gasteiger partial charge in [-0.1, -0.05) is 36.9 Å². The largest absolute Gasteiger partial charge is 0.493 e. The molecule has 2 atom stereocenters. The summed E-state index contributed by atoms with van der Waals surface area (Å²) in [5.41, 5.74) is 3.06. The van der Waals surface area contributed by atoms with Crippen LogP contribution in [0.15, 0.2) is 54.6 Å². The number of benzene rings is 2. The van der Waals surface area contributed by atoms with Gasteiger partial charge in [0.15, 0.2) is 11.5 Å². The Morgan fingerprint density at radius 3 is 2.34 bits per heavy atom. The van der Waals surface area contributed by atoms with Gasteiger partial charge < -0.3 is 18.9 Å². The number of methoxy groups -OCH3 is 2. The quantitative estimate of drug-likeness (QED) is 0.448. The summed E-state index contributed by atoms with van der Waals surface area (Å²) in [5, 5.41) is 0. The summed E-state index contributed by atoms with van der Waals surface area (Å²) in [5.74, 6) is 0.979. The van der Waals surface area contributed by atoms with E-state index < -0.39 is 12.2 Å². The Balaban J connectivity index is 2.11. The smallest absolute Gasteiger partial charge is 0.414 e. The van der Waals surface area contributed by atoms with Gasteiger partial charge in [0.1, 0.15) is 6.61 Å². The van der Waals surface area contributed by atoms with Gasteiger partial charge in [0.05, 0.1) is 32.6 Å². The summed E-state index contributed by atoms with van der Waals surface area (Å²) in [7, 11) is 3.09. The fourth-order valence-corrected chi connectivity index (χ4v) is 4.27. The number of amides is 2. The third-order valence-electron chi connectivity index (χ3n) is 5.87. The van der Waals surface area contributed by atoms with E-state index in [1.807, 2.05) is 43.3 Å². The van der Waals surface area contributed by atoms with E-state index in [0.717, 1.165) is 16.7 Å². The van der Waals surface area contributed by atoms with Crippen LogP contribution < -0.4 is 14.4 Å². The summed E-state index contributed by atoms with van der Waals surface area (Å²) >= 11 is 0. The number of hydrogen-bond acceptors (Lipinski definition) is 6. The van der Waals surface area contributed by atoms with Crippen molar-refractivity contribution >= 4 is 17.9 Å². The molecule has 1 heterocycles. The molecular formula is C27H34N2O6. The van der Waals surface area contributed by atoms with Crippen molar-refractivity contribution in [3.8, 4) is 11.5 Å². The molecule has 0 unspecified atom stereocenters. The van der Waals surface area contributed by atoms with Crippen LogP contribution >= 0.6 is 0 Å². The van der Waals surface area contributed by atoms with E-state index in [2.05, 4.69) is 6.58 Å². The Hall–Kier alpha value is -3.68. The molecule has 0 aromatic heterocycles. The van der Waals surface area contributed by atoms with Crippen molar-refractivity contribution in [1.29, 1.82) is 0 Å². The summed E-state index contributed by atoms with van der Waals surface area (Å²) in [6, 6.07) is 12.7. The number of hydrogen-bond donors (Lipinski definition) is 0. The van der Waals surface area contributed by atoms with Gasteiger partial charge in [-0.2, -0.15) is 0 Å². The maximum Gasteiger partial charge on any atom is 0.414 e. The minimum atomic E-state index is -0.488. The SMILES string of the molecule is C=C(C)COC(=O)N1c2cc(OC)c(OC)cc2[C@@H](N(Cc2ccccc2)C(=O)OCC)C[C@H]1C. The average Bonchev–Trinajstić information content (AvgIpc) is 2.85. The van der Waals surface area contributed by atoms with Crippen LogP contribution in [0.5, 0.6) is 11.5 Å². The van der Waals surface area contributed by atoms with Crippen molar-refractivity contribution in [3.05, 3.63) is 65.7 Å². The van der Waals surface area contributed by atoms with E-state index in [9.17, 15) is 9.59 Å². The predicted octanol–water partition coefficient (Wildman–Crippen LogP) is 5.71. The zero-order valence-electron chi connectivity index (χ0n) is 21.1. The standard InChI is InChI=1S/C27H34N2O6/c1-7-34-26(30)28(16-20-11-9-8-10-12-20)22-13-19(4)29(27(31)35-17-18(2)3)23-15-25(33-6)24(32-5)14-21(22)23/h8-12,14-15,19,22H,2,7,13,16-17H2,1,3-6H3/t19-,22+/m1/s1. The van der Waals surface area contributed by atoms with E-state index >= 15 is 0 Å². The van der Waals surface area contributed by atoms with Gasteiger partial charge in [-0.25, -0.2) is 9.59 Å². The fraction of sp³-hybridized carbons (Fsp3) is 0.407. The lowest BCUT2D eigenvalue weighted by Crippen LogP contribution is -2.47. The van der Waals surface area contributed by atoms with E-state index in [4.69, 9.17) is 18.9 Å². The monoisotopic (exact) mass is 482 g/mol. The van der Waals surface area contributed by atoms with Crippen LogP contribution in [0.25, 0.3) is 0 Å². The molecule has 0 spiro atoms. The first kappa shape index (κ1) is 25.9. The van der Waals surface area contributed by atoms with Crippen molar-refractivity contribution in [3.63, 3.8) is 0 Å². The average molecular weight is 483 g/mol. The van der Waals surface area contributed by atoms with E-state index in [-0.39, 0.29) is 25.3 Å². The van der Waals surface area contributed by atoms with Crippen LogP contribution in [-0.4, -0.2) is 50.6 Å². The normalized spacial score (nSPS) is 16.7. The first-order valence-electron chi connectivity index (χ1n) is 11.6. The van der Waals surface area contributed by atoms with Crippen molar-refractivity contribution in [2.24, 2.45) is 0 Å². The second-order valence-electron chi connectivity index (χ2n) is 8.56. The van der Waals surface area contributed by atoms with Gasteiger partial charge >= 0.3 is 12.2 Å². The zero-order chi connectivity index (χ0) is 25.5. The molecule has 1 aliphatic rings. The molecule has 2 amide bonds. The van der Waals surface area contributed by atoms with E-state index in [0.29, 0.717) is 30.2 Å². The molecule has 8 nitrogen and oxygen atoms in total. The van der Waals surface area contributed by atoms with Gasteiger partial charge in [0.2, 0.25) is 0 Å². The van der Waals surface area contributed by atoms with Gasteiger partial charge in [0, 0.05) is 24.2 Å². The lowest BCUT2D eigenvalue weighted by Gasteiger charge is -2.42. The molecule has 2 aromatic carbocycles. The third kappa shape index (κ3) is 5.88. The topological polar surface area (TPSA) is 77.5 Å². The maximum absolute atomic E-state index is 13.2. The molecule has 35 heavy (non-hydrogen) atoms. The molecule has 0 saturated heterocycles. The summed E-state index contributed by atoms with van der Waals surface area (Å²) in [6.07, 6.45) is -0.429. The number of anilines is 1. The number of carbonyl (C=O) groups is 2. The van der Waals surface area contributed by atoms with Crippen LogP contribution in [0, 0.1) is 0 Å².